The highest BCUT2D eigenvalue weighted by Gasteiger charge is 2.39. The first-order chi connectivity index (χ1) is 26.5. The summed E-state index contributed by atoms with van der Waals surface area (Å²) in [7, 11) is -2.02. The molecule has 1 saturated heterocycles. The summed E-state index contributed by atoms with van der Waals surface area (Å²) in [4.78, 5) is 72.7. The van der Waals surface area contributed by atoms with Gasteiger partial charge in [-0.1, -0.05) is 77.8 Å². The molecule has 2 fully saturated rings. The van der Waals surface area contributed by atoms with Crippen LogP contribution in [0.4, 0.5) is 0 Å². The zero-order chi connectivity index (χ0) is 41.2. The summed E-state index contributed by atoms with van der Waals surface area (Å²) < 4.78 is 32.8. The van der Waals surface area contributed by atoms with Crippen molar-refractivity contribution in [3.05, 3.63) is 52.0 Å². The van der Waals surface area contributed by atoms with Crippen molar-refractivity contribution in [3.63, 3.8) is 0 Å². The highest BCUT2D eigenvalue weighted by atomic mass is 32.2. The van der Waals surface area contributed by atoms with Crippen molar-refractivity contribution >= 4 is 51.0 Å². The number of sulfonamides is 1. The Balaban J connectivity index is 1.50. The Bertz CT molecular complexity index is 1760. The Hall–Kier alpha value is -3.89. The van der Waals surface area contributed by atoms with Crippen LogP contribution >= 0.6 is 11.3 Å². The Morgan fingerprint density at radius 1 is 1.00 bits per heavy atom. The molecule has 1 aromatic heterocycles. The molecule has 310 valence electrons. The van der Waals surface area contributed by atoms with E-state index in [4.69, 9.17) is 4.74 Å². The normalized spacial score (nSPS) is 19.1. The van der Waals surface area contributed by atoms with Gasteiger partial charge in [0.15, 0.2) is 6.10 Å². The van der Waals surface area contributed by atoms with E-state index in [1.807, 2.05) is 58.0 Å². The fourth-order valence-corrected chi connectivity index (χ4v) is 9.26. The molecule has 4 N–H and O–H groups in total. The van der Waals surface area contributed by atoms with Gasteiger partial charge in [-0.2, -0.15) is 0 Å². The second kappa shape index (κ2) is 20.5. The Morgan fingerprint density at radius 2 is 1.70 bits per heavy atom. The first-order valence-corrected chi connectivity index (χ1v) is 22.3. The molecule has 4 amide bonds. The number of amides is 4. The minimum absolute atomic E-state index is 0.0739. The Morgan fingerprint density at radius 3 is 2.29 bits per heavy atom. The van der Waals surface area contributed by atoms with Crippen LogP contribution in [-0.4, -0.2) is 90.9 Å². The molecule has 0 bridgehead atoms. The molecule has 2 aliphatic rings. The topological polar surface area (TPSA) is 193 Å². The molecule has 1 aliphatic carbocycles. The minimum atomic E-state index is -3.72. The van der Waals surface area contributed by atoms with E-state index in [2.05, 4.69) is 25.7 Å². The third-order valence-corrected chi connectivity index (χ3v) is 13.5. The van der Waals surface area contributed by atoms with Crippen LogP contribution in [-0.2, 0) is 40.4 Å². The van der Waals surface area contributed by atoms with Gasteiger partial charge in [0.25, 0.3) is 5.91 Å². The van der Waals surface area contributed by atoms with E-state index in [1.165, 1.54) is 6.92 Å². The third-order valence-electron chi connectivity index (χ3n) is 10.8. The van der Waals surface area contributed by atoms with Crippen LogP contribution in [0, 0.1) is 17.8 Å². The third kappa shape index (κ3) is 12.8. The SMILES string of the molecule is CC[C@H](C)[C@H](NC(=O)[C@H]1CCCCN1)C(=O)N(C)C(C[C@@H](OC(C)=O)c1nc(C(=O)N[C@@H](Cc2ccccc2)C[C@H](C)C(=O)NS(=O)(=O)C2CC2)cs1)C(C)C. The average Bonchev–Trinajstić information content (AvgIpc) is 3.92. The number of piperidine rings is 1. The molecule has 16 heteroatoms. The van der Waals surface area contributed by atoms with Gasteiger partial charge in [-0.25, -0.2) is 13.4 Å². The second-order valence-electron chi connectivity index (χ2n) is 15.7. The fraction of sp³-hybridized carbons (Fsp3) is 0.650. The molecule has 2 heterocycles. The summed E-state index contributed by atoms with van der Waals surface area (Å²) in [6.45, 7) is 11.5. The number of benzene rings is 1. The van der Waals surface area contributed by atoms with Crippen molar-refractivity contribution in [1.29, 1.82) is 0 Å². The zero-order valence-corrected chi connectivity index (χ0v) is 35.3. The van der Waals surface area contributed by atoms with Crippen molar-refractivity contribution in [2.75, 3.05) is 13.6 Å². The number of esters is 1. The van der Waals surface area contributed by atoms with Gasteiger partial charge >= 0.3 is 5.97 Å². The van der Waals surface area contributed by atoms with Gasteiger partial charge in [0.2, 0.25) is 27.7 Å². The summed E-state index contributed by atoms with van der Waals surface area (Å²) in [5, 5.41) is 10.7. The molecule has 1 aromatic carbocycles. The Kier molecular flexibility index (Phi) is 16.4. The van der Waals surface area contributed by atoms with E-state index < -0.39 is 63.2 Å². The molecule has 2 aromatic rings. The van der Waals surface area contributed by atoms with Gasteiger partial charge in [-0.05, 0) is 62.5 Å². The highest BCUT2D eigenvalue weighted by Crippen LogP contribution is 2.31. The van der Waals surface area contributed by atoms with E-state index >= 15 is 0 Å². The van der Waals surface area contributed by atoms with Crippen molar-refractivity contribution in [3.8, 4) is 0 Å². The molecule has 1 aliphatic heterocycles. The highest BCUT2D eigenvalue weighted by molar-refractivity contribution is 7.90. The molecule has 56 heavy (non-hydrogen) atoms. The van der Waals surface area contributed by atoms with Crippen LogP contribution in [0.1, 0.15) is 120 Å². The number of hydrogen-bond donors (Lipinski definition) is 4. The first-order valence-electron chi connectivity index (χ1n) is 19.8. The van der Waals surface area contributed by atoms with Crippen LogP contribution in [0.5, 0.6) is 0 Å². The van der Waals surface area contributed by atoms with E-state index in [9.17, 15) is 32.4 Å². The van der Waals surface area contributed by atoms with E-state index in [0.29, 0.717) is 37.1 Å². The summed E-state index contributed by atoms with van der Waals surface area (Å²) in [5.41, 5.74) is 1.01. The smallest absolute Gasteiger partial charge is 0.303 e. The molecule has 7 atom stereocenters. The van der Waals surface area contributed by atoms with Crippen LogP contribution in [0.2, 0.25) is 0 Å². The van der Waals surface area contributed by atoms with E-state index in [1.54, 1.807) is 24.3 Å². The number of carbonyl (C=O) groups excluding carboxylic acids is 5. The fourth-order valence-electron chi connectivity index (χ4n) is 7.02. The van der Waals surface area contributed by atoms with Crippen LogP contribution < -0.4 is 20.7 Å². The number of rotatable bonds is 20. The number of nitrogens with zero attached hydrogens (tertiary/aromatic N) is 2. The number of aromatic nitrogens is 1. The number of thiazole rings is 1. The van der Waals surface area contributed by atoms with Crippen molar-refractivity contribution in [2.24, 2.45) is 17.8 Å². The molecule has 0 spiro atoms. The Labute approximate surface area is 335 Å². The molecule has 1 saturated carbocycles. The molecule has 14 nitrogen and oxygen atoms in total. The van der Waals surface area contributed by atoms with Gasteiger partial charge in [-0.3, -0.25) is 28.7 Å². The van der Waals surface area contributed by atoms with Crippen LogP contribution in [0.3, 0.4) is 0 Å². The van der Waals surface area contributed by atoms with Gasteiger partial charge < -0.3 is 25.6 Å². The summed E-state index contributed by atoms with van der Waals surface area (Å²) in [6, 6.07) is 7.40. The number of hydrogen-bond acceptors (Lipinski definition) is 11. The van der Waals surface area contributed by atoms with Gasteiger partial charge in [0.1, 0.15) is 16.7 Å². The van der Waals surface area contributed by atoms with Crippen molar-refractivity contribution in [2.45, 2.75) is 135 Å². The number of nitrogens with one attached hydrogen (secondary N) is 4. The maximum atomic E-state index is 14.2. The van der Waals surface area contributed by atoms with Gasteiger partial charge in [0, 0.05) is 43.8 Å². The predicted molar refractivity (Wildman–Crippen MR) is 215 cm³/mol. The molecule has 1 unspecified atom stereocenters. The largest absolute Gasteiger partial charge is 0.455 e. The molecular weight excluding hydrogens is 757 g/mol. The first kappa shape index (κ1) is 44.8. The maximum Gasteiger partial charge on any atom is 0.303 e. The lowest BCUT2D eigenvalue weighted by molar-refractivity contribution is -0.149. The predicted octanol–water partition coefficient (Wildman–Crippen LogP) is 4.27. The monoisotopic (exact) mass is 816 g/mol. The lowest BCUT2D eigenvalue weighted by Gasteiger charge is -2.37. The number of carbonyl (C=O) groups is 5. The maximum absolute atomic E-state index is 14.2. The molecular formula is C40H60N6O8S2. The minimum Gasteiger partial charge on any atom is -0.455 e. The van der Waals surface area contributed by atoms with Crippen LogP contribution in [0.25, 0.3) is 0 Å². The lowest BCUT2D eigenvalue weighted by Crippen LogP contribution is -2.57. The second-order valence-corrected chi connectivity index (χ2v) is 18.6. The molecule has 4 rings (SSSR count). The average molecular weight is 817 g/mol. The standard InChI is InChI=1S/C40H60N6O8S2/c1-8-25(4)35(44-37(49)31-16-12-13-19-41-31)40(51)46(7)33(24(2)3)22-34(54-27(6)47)39-43-32(23-55-39)38(50)42-29(21-28-14-10-9-11-15-28)20-26(5)36(48)45-56(52,53)30-17-18-30/h9-11,14-15,23-26,29-31,33-35,41H,8,12-13,16-22H2,1-7H3,(H,42,50)(H,44,49)(H,45,48)/t25-,26-,29+,31+,33?,34+,35-/m0/s1. The van der Waals surface area contributed by atoms with E-state index in [-0.39, 0.29) is 48.2 Å². The van der Waals surface area contributed by atoms with E-state index in [0.717, 1.165) is 36.3 Å². The quantitative estimate of drug-likeness (QED) is 0.140. The number of ether oxygens (including phenoxy) is 1. The lowest BCUT2D eigenvalue weighted by atomic mass is 9.92. The van der Waals surface area contributed by atoms with Crippen LogP contribution in [0.15, 0.2) is 35.7 Å². The van der Waals surface area contributed by atoms with Crippen molar-refractivity contribution in [1.82, 2.24) is 30.6 Å². The van der Waals surface area contributed by atoms with Gasteiger partial charge in [-0.15, -0.1) is 11.3 Å². The number of likely N-dealkylation sites (N-methyl/N-ethyl adjacent to an activating group) is 1. The molecule has 0 radical (unpaired) electrons. The summed E-state index contributed by atoms with van der Waals surface area (Å²) in [5.74, 6) is -3.01. The zero-order valence-electron chi connectivity index (χ0n) is 33.7. The summed E-state index contributed by atoms with van der Waals surface area (Å²) in [6.07, 6.45) is 4.29. The summed E-state index contributed by atoms with van der Waals surface area (Å²) >= 11 is 1.16. The van der Waals surface area contributed by atoms with Crippen molar-refractivity contribution < 1.29 is 37.1 Å². The van der Waals surface area contributed by atoms with Gasteiger partial charge in [0.05, 0.1) is 11.3 Å².